The topological polar surface area (TPSA) is 74.6 Å². The van der Waals surface area contributed by atoms with Gasteiger partial charge in [-0.2, -0.15) is 0 Å². The van der Waals surface area contributed by atoms with E-state index in [0.717, 1.165) is 25.3 Å². The van der Waals surface area contributed by atoms with Crippen LogP contribution in [-0.2, 0) is 9.59 Å². The van der Waals surface area contributed by atoms with Gasteiger partial charge in [-0.25, -0.2) is 9.59 Å². The van der Waals surface area contributed by atoms with Gasteiger partial charge in [0.2, 0.25) is 0 Å². The van der Waals surface area contributed by atoms with Gasteiger partial charge in [-0.05, 0) is 12.8 Å². The number of allylic oxidation sites excluding steroid dienone is 2. The number of hydrogen-bond donors (Lipinski definition) is 2. The van der Waals surface area contributed by atoms with E-state index in [0.29, 0.717) is 6.42 Å². The molecule has 0 bridgehead atoms. The maximum atomic E-state index is 11.0. The van der Waals surface area contributed by atoms with Crippen molar-refractivity contribution in [2.45, 2.75) is 84.0 Å². The molecular weight excluding hydrogens is 292 g/mol. The van der Waals surface area contributed by atoms with Crippen molar-refractivity contribution < 1.29 is 19.8 Å². The summed E-state index contributed by atoms with van der Waals surface area (Å²) in [5.74, 6) is -2.03. The first-order valence-corrected chi connectivity index (χ1v) is 8.91. The lowest BCUT2D eigenvalue weighted by Crippen LogP contribution is -2.00. The van der Waals surface area contributed by atoms with E-state index in [-0.39, 0.29) is 5.57 Å². The Kier molecular flexibility index (Phi) is 14.3. The van der Waals surface area contributed by atoms with E-state index in [1.165, 1.54) is 63.5 Å². The molecule has 0 amide bonds. The Labute approximate surface area is 140 Å². The van der Waals surface area contributed by atoms with Crippen LogP contribution in [0, 0.1) is 0 Å². The lowest BCUT2D eigenvalue weighted by Gasteiger charge is -2.03. The Hall–Kier alpha value is -1.58. The molecule has 0 spiro atoms. The van der Waals surface area contributed by atoms with E-state index in [1.54, 1.807) is 0 Å². The zero-order valence-corrected chi connectivity index (χ0v) is 14.4. The Bertz CT molecular complexity index is 383. The molecule has 0 radical (unpaired) electrons. The third-order valence-electron chi connectivity index (χ3n) is 3.86. The number of rotatable bonds is 15. The molecular formula is C19H32O4. The third-order valence-corrected chi connectivity index (χ3v) is 3.86. The van der Waals surface area contributed by atoms with E-state index in [2.05, 4.69) is 6.92 Å². The molecule has 0 aromatic carbocycles. The Morgan fingerprint density at radius 1 is 0.783 bits per heavy atom. The van der Waals surface area contributed by atoms with E-state index in [1.807, 2.05) is 0 Å². The predicted molar refractivity (Wildman–Crippen MR) is 93.6 cm³/mol. The molecule has 0 atom stereocenters. The van der Waals surface area contributed by atoms with Crippen LogP contribution in [0.5, 0.6) is 0 Å². The lowest BCUT2D eigenvalue weighted by molar-refractivity contribution is -0.133. The van der Waals surface area contributed by atoms with E-state index in [4.69, 9.17) is 10.2 Å². The first-order valence-electron chi connectivity index (χ1n) is 8.91. The predicted octanol–water partition coefficient (Wildman–Crippen LogP) is 5.34. The van der Waals surface area contributed by atoms with Crippen LogP contribution in [0.1, 0.15) is 84.0 Å². The number of hydrogen-bond acceptors (Lipinski definition) is 2. The molecule has 2 N–H and O–H groups in total. The van der Waals surface area contributed by atoms with E-state index < -0.39 is 11.9 Å². The van der Waals surface area contributed by atoms with Crippen LogP contribution in [0.2, 0.25) is 0 Å². The molecule has 0 unspecified atom stereocenters. The molecule has 4 heteroatoms. The smallest absolute Gasteiger partial charge is 0.331 e. The molecule has 0 saturated heterocycles. The van der Waals surface area contributed by atoms with Crippen LogP contribution in [0.15, 0.2) is 23.8 Å². The van der Waals surface area contributed by atoms with Gasteiger partial charge in [0.1, 0.15) is 0 Å². The second kappa shape index (κ2) is 15.3. The van der Waals surface area contributed by atoms with Crippen molar-refractivity contribution in [1.82, 2.24) is 0 Å². The summed E-state index contributed by atoms with van der Waals surface area (Å²) < 4.78 is 0. The van der Waals surface area contributed by atoms with Crippen molar-refractivity contribution in [3.05, 3.63) is 23.8 Å². The first-order chi connectivity index (χ1) is 11.1. The Morgan fingerprint density at radius 2 is 1.26 bits per heavy atom. The average molecular weight is 324 g/mol. The highest BCUT2D eigenvalue weighted by molar-refractivity contribution is 5.87. The highest BCUT2D eigenvalue weighted by atomic mass is 16.4. The minimum atomic E-state index is -1.07. The fourth-order valence-corrected chi connectivity index (χ4v) is 2.49. The first kappa shape index (κ1) is 21.4. The number of carboxylic acid groups (broad SMARTS) is 2. The fraction of sp³-hybridized carbons (Fsp3) is 0.684. The second-order valence-electron chi connectivity index (χ2n) is 5.98. The number of aliphatic carboxylic acids is 2. The molecule has 0 aromatic heterocycles. The van der Waals surface area contributed by atoms with Crippen LogP contribution in [0.4, 0.5) is 0 Å². The molecule has 0 heterocycles. The van der Waals surface area contributed by atoms with Crippen molar-refractivity contribution in [2.24, 2.45) is 0 Å². The SMILES string of the molecule is CCCCCCCCCCCCCC(=CC=CC(=O)O)C(=O)O. The summed E-state index contributed by atoms with van der Waals surface area (Å²) in [4.78, 5) is 21.4. The zero-order valence-electron chi connectivity index (χ0n) is 14.4. The van der Waals surface area contributed by atoms with Crippen LogP contribution < -0.4 is 0 Å². The minimum Gasteiger partial charge on any atom is -0.478 e. The molecule has 4 nitrogen and oxygen atoms in total. The number of carboxylic acids is 2. The molecule has 132 valence electrons. The monoisotopic (exact) mass is 324 g/mol. The zero-order chi connectivity index (χ0) is 17.3. The van der Waals surface area contributed by atoms with Gasteiger partial charge in [-0.3, -0.25) is 0 Å². The Morgan fingerprint density at radius 3 is 1.70 bits per heavy atom. The number of unbranched alkanes of at least 4 members (excludes halogenated alkanes) is 10. The van der Waals surface area contributed by atoms with Gasteiger partial charge in [0.15, 0.2) is 0 Å². The van der Waals surface area contributed by atoms with E-state index >= 15 is 0 Å². The van der Waals surface area contributed by atoms with Crippen molar-refractivity contribution >= 4 is 11.9 Å². The van der Waals surface area contributed by atoms with Crippen molar-refractivity contribution in [3.63, 3.8) is 0 Å². The van der Waals surface area contributed by atoms with Crippen LogP contribution in [0.3, 0.4) is 0 Å². The molecule has 0 rings (SSSR count). The van der Waals surface area contributed by atoms with Crippen LogP contribution in [-0.4, -0.2) is 22.2 Å². The summed E-state index contributed by atoms with van der Waals surface area (Å²) in [5, 5.41) is 17.5. The van der Waals surface area contributed by atoms with Gasteiger partial charge in [0.25, 0.3) is 0 Å². The molecule has 0 fully saturated rings. The highest BCUT2D eigenvalue weighted by Gasteiger charge is 2.05. The second-order valence-corrected chi connectivity index (χ2v) is 5.98. The van der Waals surface area contributed by atoms with Gasteiger partial charge in [0, 0.05) is 11.6 Å². The summed E-state index contributed by atoms with van der Waals surface area (Å²) in [6, 6.07) is 0. The lowest BCUT2D eigenvalue weighted by atomic mass is 10.0. The molecule has 0 aliphatic carbocycles. The fourth-order valence-electron chi connectivity index (χ4n) is 2.49. The maximum Gasteiger partial charge on any atom is 0.331 e. The Balaban J connectivity index is 3.64. The van der Waals surface area contributed by atoms with Crippen molar-refractivity contribution in [3.8, 4) is 0 Å². The normalized spacial score (nSPS) is 12.0. The summed E-state index contributed by atoms with van der Waals surface area (Å²) in [5.41, 5.74) is 0.276. The maximum absolute atomic E-state index is 11.0. The summed E-state index contributed by atoms with van der Waals surface area (Å²) in [7, 11) is 0. The van der Waals surface area contributed by atoms with Gasteiger partial charge in [0.05, 0.1) is 0 Å². The van der Waals surface area contributed by atoms with Gasteiger partial charge >= 0.3 is 11.9 Å². The third kappa shape index (κ3) is 15.1. The van der Waals surface area contributed by atoms with Crippen LogP contribution >= 0.6 is 0 Å². The summed E-state index contributed by atoms with van der Waals surface area (Å²) >= 11 is 0. The van der Waals surface area contributed by atoms with Gasteiger partial charge < -0.3 is 10.2 Å². The standard InChI is InChI=1S/C19H32O4/c1-2-3-4-5-6-7-8-9-10-11-12-14-17(19(22)23)15-13-16-18(20)21/h13,15-16H,2-12,14H2,1H3,(H,20,21)(H,22,23). The summed E-state index contributed by atoms with van der Waals surface area (Å²) in [6.07, 6.45) is 17.6. The molecule has 0 aliphatic rings. The van der Waals surface area contributed by atoms with Crippen molar-refractivity contribution in [1.29, 1.82) is 0 Å². The average Bonchev–Trinajstić information content (AvgIpc) is 2.50. The molecule has 0 saturated carbocycles. The molecule has 0 aromatic rings. The van der Waals surface area contributed by atoms with Gasteiger partial charge in [-0.1, -0.05) is 83.3 Å². The molecule has 23 heavy (non-hydrogen) atoms. The summed E-state index contributed by atoms with van der Waals surface area (Å²) in [6.45, 7) is 2.23. The van der Waals surface area contributed by atoms with Gasteiger partial charge in [-0.15, -0.1) is 0 Å². The largest absolute Gasteiger partial charge is 0.478 e. The quantitative estimate of drug-likeness (QED) is 0.242. The minimum absolute atomic E-state index is 0.276. The van der Waals surface area contributed by atoms with E-state index in [9.17, 15) is 9.59 Å². The number of carbonyl (C=O) groups is 2. The van der Waals surface area contributed by atoms with Crippen LogP contribution in [0.25, 0.3) is 0 Å². The molecule has 0 aliphatic heterocycles. The highest BCUT2D eigenvalue weighted by Crippen LogP contribution is 2.14. The van der Waals surface area contributed by atoms with Crippen molar-refractivity contribution in [2.75, 3.05) is 0 Å².